The molecule has 0 radical (unpaired) electrons. The third kappa shape index (κ3) is 5.66. The Balaban J connectivity index is 0.000000200. The van der Waals surface area contributed by atoms with Crippen LogP contribution in [0.15, 0.2) is 63.8 Å². The molecule has 0 fully saturated rings. The van der Waals surface area contributed by atoms with Gasteiger partial charge in [-0.1, -0.05) is 22.0 Å². The van der Waals surface area contributed by atoms with Gasteiger partial charge in [-0.3, -0.25) is 4.79 Å². The Morgan fingerprint density at radius 1 is 1.00 bits per heavy atom. The molecule has 0 N–H and O–H groups in total. The van der Waals surface area contributed by atoms with Crippen molar-refractivity contribution in [2.24, 2.45) is 0 Å². The van der Waals surface area contributed by atoms with E-state index in [4.69, 9.17) is 4.74 Å². The maximum Gasteiger partial charge on any atom is 0.328 e. The van der Waals surface area contributed by atoms with Gasteiger partial charge in [0.05, 0.1) is 6.07 Å². The minimum absolute atomic E-state index is 0.496. The van der Waals surface area contributed by atoms with Crippen LogP contribution < -0.4 is 0 Å². The van der Waals surface area contributed by atoms with Crippen molar-refractivity contribution in [1.82, 2.24) is 0 Å². The van der Waals surface area contributed by atoms with Gasteiger partial charge in [-0.05, 0) is 90.3 Å². The number of benzene rings is 2. The SMILES string of the molecule is Brc1ccc2sccc2c1.CC(C)(C)OC(=O)C(C#N)c1ccc2sccc2c1. The van der Waals surface area contributed by atoms with Gasteiger partial charge in [0.15, 0.2) is 5.92 Å². The van der Waals surface area contributed by atoms with E-state index < -0.39 is 17.5 Å². The molecule has 0 saturated carbocycles. The second-order valence-corrected chi connectivity index (χ2v) is 10.2. The number of nitrogens with zero attached hydrogens (tertiary/aromatic N) is 1. The average Bonchev–Trinajstić information content (AvgIpc) is 3.29. The molecule has 0 aliphatic carbocycles. The van der Waals surface area contributed by atoms with E-state index in [1.807, 2.05) is 35.7 Å². The van der Waals surface area contributed by atoms with Gasteiger partial charge in [-0.25, -0.2) is 0 Å². The molecule has 0 bridgehead atoms. The summed E-state index contributed by atoms with van der Waals surface area (Å²) in [5.74, 6) is -1.37. The highest BCUT2D eigenvalue weighted by atomic mass is 79.9. The summed E-state index contributed by atoms with van der Waals surface area (Å²) in [5, 5.41) is 15.7. The minimum atomic E-state index is -0.872. The molecule has 1 unspecified atom stereocenters. The lowest BCUT2D eigenvalue weighted by Gasteiger charge is -2.21. The highest BCUT2D eigenvalue weighted by molar-refractivity contribution is 9.10. The third-order valence-corrected chi connectivity index (χ3v) is 6.28. The predicted octanol–water partition coefficient (Wildman–Crippen LogP) is 7.51. The highest BCUT2D eigenvalue weighted by Gasteiger charge is 2.26. The van der Waals surface area contributed by atoms with Gasteiger partial charge in [0.2, 0.25) is 0 Å². The zero-order chi connectivity index (χ0) is 21.0. The molecular formula is C23H20BrNO2S2. The summed E-state index contributed by atoms with van der Waals surface area (Å²) in [6.07, 6.45) is 0. The number of rotatable bonds is 2. The van der Waals surface area contributed by atoms with Crippen molar-refractivity contribution in [2.45, 2.75) is 32.3 Å². The monoisotopic (exact) mass is 485 g/mol. The maximum atomic E-state index is 12.0. The normalized spacial score (nSPS) is 12.1. The summed E-state index contributed by atoms with van der Waals surface area (Å²) in [5.41, 5.74) is 0.0984. The molecule has 0 aliphatic heterocycles. The molecule has 148 valence electrons. The standard InChI is InChI=1S/C15H15NO2S.C8H5BrS/c1-15(2,3)18-14(17)12(9-16)10-4-5-13-11(8-10)6-7-19-13;9-7-1-2-8-6(5-7)3-4-10-8/h4-8,12H,1-3H3;1-5H. The number of halogens is 1. The van der Waals surface area contributed by atoms with Gasteiger partial charge in [-0.2, -0.15) is 5.26 Å². The zero-order valence-corrected chi connectivity index (χ0v) is 19.5. The molecule has 1 atom stereocenters. The summed E-state index contributed by atoms with van der Waals surface area (Å²) in [4.78, 5) is 12.0. The topological polar surface area (TPSA) is 50.1 Å². The van der Waals surface area contributed by atoms with Crippen molar-refractivity contribution in [3.8, 4) is 6.07 Å². The molecule has 3 nitrogen and oxygen atoms in total. The summed E-state index contributed by atoms with van der Waals surface area (Å²) >= 11 is 6.83. The van der Waals surface area contributed by atoms with E-state index >= 15 is 0 Å². The Morgan fingerprint density at radius 2 is 1.59 bits per heavy atom. The first-order valence-corrected chi connectivity index (χ1v) is 11.5. The Bertz CT molecular complexity index is 1180. The fourth-order valence-corrected chi connectivity index (χ4v) is 4.65. The number of esters is 1. The number of carbonyl (C=O) groups excluding carboxylic acids is 1. The van der Waals surface area contributed by atoms with Crippen molar-refractivity contribution in [3.63, 3.8) is 0 Å². The second-order valence-electron chi connectivity index (χ2n) is 7.42. The molecule has 4 aromatic rings. The molecule has 2 aromatic carbocycles. The van der Waals surface area contributed by atoms with E-state index in [0.717, 1.165) is 14.6 Å². The van der Waals surface area contributed by atoms with E-state index in [1.54, 1.807) is 43.4 Å². The molecule has 6 heteroatoms. The quantitative estimate of drug-likeness (QED) is 0.276. The molecule has 4 rings (SSSR count). The lowest BCUT2D eigenvalue weighted by Crippen LogP contribution is -2.27. The molecule has 0 spiro atoms. The number of thiophene rings is 2. The van der Waals surface area contributed by atoms with E-state index in [9.17, 15) is 10.1 Å². The first-order chi connectivity index (χ1) is 13.8. The smallest absolute Gasteiger partial charge is 0.328 e. The molecule has 0 aliphatic rings. The van der Waals surface area contributed by atoms with E-state index in [0.29, 0.717) is 5.56 Å². The van der Waals surface area contributed by atoms with Crippen LogP contribution in [0.1, 0.15) is 32.3 Å². The Kier molecular flexibility index (Phi) is 6.74. The third-order valence-electron chi connectivity index (χ3n) is 4.00. The summed E-state index contributed by atoms with van der Waals surface area (Å²) in [7, 11) is 0. The predicted molar refractivity (Wildman–Crippen MR) is 126 cm³/mol. The molecule has 0 saturated heterocycles. The molecule has 2 heterocycles. The largest absolute Gasteiger partial charge is 0.459 e. The van der Waals surface area contributed by atoms with Crippen molar-refractivity contribution < 1.29 is 9.53 Å². The summed E-state index contributed by atoms with van der Waals surface area (Å²) in [6.45, 7) is 5.38. The van der Waals surface area contributed by atoms with Gasteiger partial charge in [0.1, 0.15) is 5.60 Å². The van der Waals surface area contributed by atoms with E-state index in [-0.39, 0.29) is 0 Å². The van der Waals surface area contributed by atoms with Crippen LogP contribution in [0, 0.1) is 11.3 Å². The van der Waals surface area contributed by atoms with Gasteiger partial charge < -0.3 is 4.74 Å². The number of ether oxygens (including phenoxy) is 1. The first-order valence-electron chi connectivity index (χ1n) is 8.99. The van der Waals surface area contributed by atoms with Crippen LogP contribution in [0.4, 0.5) is 0 Å². The van der Waals surface area contributed by atoms with Crippen molar-refractivity contribution in [3.05, 3.63) is 69.3 Å². The van der Waals surface area contributed by atoms with Crippen LogP contribution >= 0.6 is 38.6 Å². The first kappa shape index (κ1) is 21.5. The zero-order valence-electron chi connectivity index (χ0n) is 16.3. The van der Waals surface area contributed by atoms with Crippen LogP contribution in [0.2, 0.25) is 0 Å². The van der Waals surface area contributed by atoms with Crippen molar-refractivity contribution in [1.29, 1.82) is 5.26 Å². The number of hydrogen-bond donors (Lipinski definition) is 0. The van der Waals surface area contributed by atoms with Crippen LogP contribution in [0.25, 0.3) is 20.2 Å². The van der Waals surface area contributed by atoms with Gasteiger partial charge in [-0.15, -0.1) is 22.7 Å². The average molecular weight is 486 g/mol. The highest BCUT2D eigenvalue weighted by Crippen LogP contribution is 2.27. The molecule has 2 aromatic heterocycles. The van der Waals surface area contributed by atoms with Crippen molar-refractivity contribution >= 4 is 64.7 Å². The van der Waals surface area contributed by atoms with Gasteiger partial charge >= 0.3 is 5.97 Å². The number of fused-ring (bicyclic) bond motifs is 2. The lowest BCUT2D eigenvalue weighted by molar-refractivity contribution is -0.155. The van der Waals surface area contributed by atoms with Crippen LogP contribution in [0.3, 0.4) is 0 Å². The Labute approximate surface area is 186 Å². The number of hydrogen-bond acceptors (Lipinski definition) is 5. The lowest BCUT2D eigenvalue weighted by atomic mass is 9.99. The van der Waals surface area contributed by atoms with Crippen molar-refractivity contribution in [2.75, 3.05) is 0 Å². The van der Waals surface area contributed by atoms with Crippen LogP contribution in [-0.4, -0.2) is 11.6 Å². The maximum absolute atomic E-state index is 12.0. The number of nitriles is 1. The molecule has 0 amide bonds. The molecular weight excluding hydrogens is 466 g/mol. The van der Waals surface area contributed by atoms with Crippen LogP contribution in [0.5, 0.6) is 0 Å². The fourth-order valence-electron chi connectivity index (χ4n) is 2.73. The summed E-state index contributed by atoms with van der Waals surface area (Å²) in [6, 6.07) is 18.1. The van der Waals surface area contributed by atoms with E-state index in [2.05, 4.69) is 45.6 Å². The Morgan fingerprint density at radius 3 is 2.17 bits per heavy atom. The van der Waals surface area contributed by atoms with Gasteiger partial charge in [0, 0.05) is 13.9 Å². The van der Waals surface area contributed by atoms with Crippen LogP contribution in [-0.2, 0) is 9.53 Å². The Hall–Kier alpha value is -2.20. The minimum Gasteiger partial charge on any atom is -0.459 e. The number of carbonyl (C=O) groups is 1. The molecule has 29 heavy (non-hydrogen) atoms. The summed E-state index contributed by atoms with van der Waals surface area (Å²) < 4.78 is 8.92. The fraction of sp³-hybridized carbons (Fsp3) is 0.217. The van der Waals surface area contributed by atoms with E-state index in [1.165, 1.54) is 10.1 Å². The second kappa shape index (κ2) is 9.08. The van der Waals surface area contributed by atoms with Gasteiger partial charge in [0.25, 0.3) is 0 Å².